The van der Waals surface area contributed by atoms with Crippen molar-refractivity contribution in [1.82, 2.24) is 0 Å². The summed E-state index contributed by atoms with van der Waals surface area (Å²) in [6.07, 6.45) is 0.856. The number of Topliss-reactive ketones (excluding diaryl/α,β-unsaturated/α-hetero) is 1. The lowest BCUT2D eigenvalue weighted by molar-refractivity contribution is -0.132. The SMILES string of the molecule is CCOc1ccc(Cl)c(/C(O)=C2\C(=O)C(=O)N(c3ccc(C(C)(C)C)cc3)C2c2ccc(CC)cc2)c1. The van der Waals surface area contributed by atoms with E-state index in [9.17, 15) is 14.7 Å². The van der Waals surface area contributed by atoms with Gasteiger partial charge in [-0.05, 0) is 65.8 Å². The Morgan fingerprint density at radius 2 is 1.62 bits per heavy atom. The summed E-state index contributed by atoms with van der Waals surface area (Å²) in [5, 5.41) is 11.7. The number of carbonyl (C=O) groups excluding carboxylic acids is 2. The Hall–Kier alpha value is -3.57. The molecule has 0 bridgehead atoms. The number of hydrogen-bond donors (Lipinski definition) is 1. The number of halogens is 1. The minimum absolute atomic E-state index is 0.00954. The first-order valence-corrected chi connectivity index (χ1v) is 12.9. The molecule has 5 nitrogen and oxygen atoms in total. The summed E-state index contributed by atoms with van der Waals surface area (Å²) in [5.74, 6) is -1.29. The number of ketones is 1. The van der Waals surface area contributed by atoms with E-state index >= 15 is 0 Å². The lowest BCUT2D eigenvalue weighted by Crippen LogP contribution is -2.29. The van der Waals surface area contributed by atoms with Gasteiger partial charge in [-0.15, -0.1) is 0 Å². The van der Waals surface area contributed by atoms with E-state index in [0.717, 1.165) is 23.1 Å². The predicted octanol–water partition coefficient (Wildman–Crippen LogP) is 7.22. The molecule has 4 rings (SSSR count). The van der Waals surface area contributed by atoms with E-state index in [-0.39, 0.29) is 27.3 Å². The standard InChI is InChI=1S/C31H32ClNO4/c1-6-19-8-10-20(11-9-19)27-26(28(34)24-18-23(37-7-2)16-17-25(24)32)29(35)30(36)33(27)22-14-12-21(13-15-22)31(3,4)5/h8-18,27,34H,6-7H2,1-5H3/b28-26+. The maximum absolute atomic E-state index is 13.5. The average molecular weight is 518 g/mol. The molecule has 1 atom stereocenters. The molecular formula is C31H32ClNO4. The van der Waals surface area contributed by atoms with Gasteiger partial charge in [-0.25, -0.2) is 0 Å². The number of anilines is 1. The molecule has 1 heterocycles. The first kappa shape index (κ1) is 26.5. The Bertz CT molecular complexity index is 1350. The fraction of sp³-hybridized carbons (Fsp3) is 0.290. The molecule has 1 aliphatic rings. The van der Waals surface area contributed by atoms with E-state index in [1.54, 1.807) is 18.2 Å². The number of hydrogen-bond acceptors (Lipinski definition) is 4. The van der Waals surface area contributed by atoms with Crippen molar-refractivity contribution in [3.05, 3.63) is 99.6 Å². The molecule has 1 saturated heterocycles. The van der Waals surface area contributed by atoms with Gasteiger partial charge in [0.15, 0.2) is 0 Å². The highest BCUT2D eigenvalue weighted by Gasteiger charge is 2.47. The van der Waals surface area contributed by atoms with Crippen LogP contribution in [0.25, 0.3) is 5.76 Å². The number of aryl methyl sites for hydroxylation is 1. The fourth-order valence-electron chi connectivity index (χ4n) is 4.56. The normalized spacial score (nSPS) is 17.4. The summed E-state index contributed by atoms with van der Waals surface area (Å²) in [5.41, 5.74) is 3.69. The van der Waals surface area contributed by atoms with Crippen LogP contribution in [-0.4, -0.2) is 23.4 Å². The molecule has 3 aromatic carbocycles. The summed E-state index contributed by atoms with van der Waals surface area (Å²) >= 11 is 6.44. The maximum Gasteiger partial charge on any atom is 0.300 e. The van der Waals surface area contributed by atoms with Gasteiger partial charge in [-0.2, -0.15) is 0 Å². The van der Waals surface area contributed by atoms with E-state index in [1.165, 1.54) is 4.90 Å². The van der Waals surface area contributed by atoms with Gasteiger partial charge in [0.2, 0.25) is 0 Å². The zero-order valence-corrected chi connectivity index (χ0v) is 22.6. The van der Waals surface area contributed by atoms with Crippen molar-refractivity contribution < 1.29 is 19.4 Å². The molecule has 1 amide bonds. The van der Waals surface area contributed by atoms with Crippen molar-refractivity contribution in [2.24, 2.45) is 0 Å². The molecule has 192 valence electrons. The Labute approximate surface area is 223 Å². The van der Waals surface area contributed by atoms with Gasteiger partial charge in [-0.3, -0.25) is 14.5 Å². The molecule has 0 radical (unpaired) electrons. The van der Waals surface area contributed by atoms with Gasteiger partial charge in [0.05, 0.1) is 23.2 Å². The van der Waals surface area contributed by atoms with Crippen LogP contribution in [0, 0.1) is 0 Å². The third kappa shape index (κ3) is 5.14. The molecular weight excluding hydrogens is 486 g/mol. The van der Waals surface area contributed by atoms with E-state index in [1.807, 2.05) is 55.5 Å². The van der Waals surface area contributed by atoms with Gasteiger partial charge in [0.1, 0.15) is 11.5 Å². The number of carbonyl (C=O) groups is 2. The number of aliphatic hydroxyl groups excluding tert-OH is 1. The van der Waals surface area contributed by atoms with Crippen molar-refractivity contribution >= 4 is 34.7 Å². The Balaban J connectivity index is 1.92. The molecule has 1 fully saturated rings. The number of ether oxygens (including phenoxy) is 1. The molecule has 1 N–H and O–H groups in total. The van der Waals surface area contributed by atoms with Crippen molar-refractivity contribution in [3.8, 4) is 5.75 Å². The summed E-state index contributed by atoms with van der Waals surface area (Å²) < 4.78 is 5.57. The minimum atomic E-state index is -0.821. The molecule has 0 saturated carbocycles. The van der Waals surface area contributed by atoms with E-state index < -0.39 is 17.7 Å². The zero-order valence-electron chi connectivity index (χ0n) is 21.8. The second-order valence-corrected chi connectivity index (χ2v) is 10.5. The number of nitrogens with zero attached hydrogens (tertiary/aromatic N) is 1. The molecule has 1 aliphatic heterocycles. The fourth-order valence-corrected chi connectivity index (χ4v) is 4.77. The Morgan fingerprint density at radius 3 is 2.19 bits per heavy atom. The number of aliphatic hydroxyl groups is 1. The minimum Gasteiger partial charge on any atom is -0.507 e. The van der Waals surface area contributed by atoms with E-state index in [0.29, 0.717) is 18.0 Å². The molecule has 37 heavy (non-hydrogen) atoms. The Morgan fingerprint density at radius 1 is 0.973 bits per heavy atom. The summed E-state index contributed by atoms with van der Waals surface area (Å²) in [6, 6.07) is 19.4. The molecule has 0 spiro atoms. The van der Waals surface area contributed by atoms with Crippen LogP contribution in [-0.2, 0) is 21.4 Å². The highest BCUT2D eigenvalue weighted by molar-refractivity contribution is 6.52. The summed E-state index contributed by atoms with van der Waals surface area (Å²) in [7, 11) is 0. The predicted molar refractivity (Wildman–Crippen MR) is 148 cm³/mol. The monoisotopic (exact) mass is 517 g/mol. The lowest BCUT2D eigenvalue weighted by atomic mass is 9.87. The highest BCUT2D eigenvalue weighted by atomic mass is 35.5. The van der Waals surface area contributed by atoms with Crippen LogP contribution in [0.15, 0.2) is 72.3 Å². The third-order valence-electron chi connectivity index (χ3n) is 6.66. The zero-order chi connectivity index (χ0) is 26.9. The topological polar surface area (TPSA) is 66.8 Å². The molecule has 0 aliphatic carbocycles. The summed E-state index contributed by atoms with van der Waals surface area (Å²) in [4.78, 5) is 28.4. The van der Waals surface area contributed by atoms with Crippen LogP contribution in [0.4, 0.5) is 5.69 Å². The first-order chi connectivity index (χ1) is 17.6. The highest BCUT2D eigenvalue weighted by Crippen LogP contribution is 2.43. The van der Waals surface area contributed by atoms with Crippen molar-refractivity contribution in [1.29, 1.82) is 0 Å². The van der Waals surface area contributed by atoms with E-state index in [2.05, 4.69) is 27.7 Å². The van der Waals surface area contributed by atoms with Crippen LogP contribution in [0.3, 0.4) is 0 Å². The average Bonchev–Trinajstić information content (AvgIpc) is 3.14. The molecule has 3 aromatic rings. The second-order valence-electron chi connectivity index (χ2n) is 10.1. The van der Waals surface area contributed by atoms with Crippen LogP contribution in [0.2, 0.25) is 5.02 Å². The smallest absolute Gasteiger partial charge is 0.300 e. The van der Waals surface area contributed by atoms with Crippen molar-refractivity contribution in [2.45, 2.75) is 52.5 Å². The second kappa shape index (κ2) is 10.4. The first-order valence-electron chi connectivity index (χ1n) is 12.5. The summed E-state index contributed by atoms with van der Waals surface area (Å²) in [6.45, 7) is 10.7. The largest absolute Gasteiger partial charge is 0.507 e. The molecule has 6 heteroatoms. The van der Waals surface area contributed by atoms with Crippen LogP contribution >= 0.6 is 11.6 Å². The molecule has 1 unspecified atom stereocenters. The van der Waals surface area contributed by atoms with Gasteiger partial charge in [-0.1, -0.05) is 75.7 Å². The third-order valence-corrected chi connectivity index (χ3v) is 6.99. The lowest BCUT2D eigenvalue weighted by Gasteiger charge is -2.27. The number of amides is 1. The van der Waals surface area contributed by atoms with Gasteiger partial charge in [0.25, 0.3) is 11.7 Å². The number of rotatable bonds is 6. The Kier molecular flexibility index (Phi) is 7.47. The van der Waals surface area contributed by atoms with Crippen molar-refractivity contribution in [3.63, 3.8) is 0 Å². The van der Waals surface area contributed by atoms with Gasteiger partial charge < -0.3 is 9.84 Å². The van der Waals surface area contributed by atoms with Gasteiger partial charge in [0, 0.05) is 11.3 Å². The number of benzene rings is 3. The van der Waals surface area contributed by atoms with Crippen LogP contribution < -0.4 is 9.64 Å². The van der Waals surface area contributed by atoms with Crippen molar-refractivity contribution in [2.75, 3.05) is 11.5 Å². The van der Waals surface area contributed by atoms with Crippen LogP contribution in [0.1, 0.15) is 62.9 Å². The van der Waals surface area contributed by atoms with Gasteiger partial charge >= 0.3 is 0 Å². The quantitative estimate of drug-likeness (QED) is 0.213. The van der Waals surface area contributed by atoms with E-state index in [4.69, 9.17) is 16.3 Å². The molecule has 0 aromatic heterocycles. The van der Waals surface area contributed by atoms with Crippen LogP contribution in [0.5, 0.6) is 5.75 Å². The maximum atomic E-state index is 13.5.